The van der Waals surface area contributed by atoms with E-state index in [4.69, 9.17) is 9.72 Å². The van der Waals surface area contributed by atoms with Gasteiger partial charge in [-0.25, -0.2) is 9.78 Å². The van der Waals surface area contributed by atoms with E-state index in [-0.39, 0.29) is 0 Å². The summed E-state index contributed by atoms with van der Waals surface area (Å²) in [5.41, 5.74) is 2.81. The second kappa shape index (κ2) is 9.82. The summed E-state index contributed by atoms with van der Waals surface area (Å²) in [7, 11) is 0. The Morgan fingerprint density at radius 1 is 1.12 bits per heavy atom. The largest absolute Gasteiger partial charge is 0.452 e. The molecule has 8 heteroatoms. The predicted octanol–water partition coefficient (Wildman–Crippen LogP) is 4.83. The van der Waals surface area contributed by atoms with Crippen LogP contribution in [0.15, 0.2) is 30.3 Å². The number of hydrogen-bond acceptors (Lipinski definition) is 7. The number of nitriles is 1. The molecule has 2 aliphatic rings. The molecule has 174 valence electrons. The van der Waals surface area contributed by atoms with E-state index in [9.17, 15) is 14.9 Å². The predicted molar refractivity (Wildman–Crippen MR) is 132 cm³/mol. The topological polar surface area (TPSA) is 95.3 Å². The number of para-hydroxylation sites is 1. The fourth-order valence-corrected chi connectivity index (χ4v) is 6.00. The highest BCUT2D eigenvalue weighted by Crippen LogP contribution is 2.37. The normalized spacial score (nSPS) is 15.4. The molecule has 0 unspecified atom stereocenters. The molecule has 3 aromatic rings. The fourth-order valence-electron chi connectivity index (χ4n) is 4.75. The number of fused-ring (bicyclic) bond motifs is 2. The number of nitrogens with one attached hydrogen (secondary N) is 1. The first-order valence-electron chi connectivity index (χ1n) is 11.8. The number of esters is 1. The molecule has 0 radical (unpaired) electrons. The lowest BCUT2D eigenvalue weighted by Crippen LogP contribution is -2.25. The van der Waals surface area contributed by atoms with E-state index in [0.29, 0.717) is 21.9 Å². The molecule has 3 heterocycles. The van der Waals surface area contributed by atoms with Gasteiger partial charge in [0.1, 0.15) is 22.5 Å². The Bertz CT molecular complexity index is 1290. The zero-order chi connectivity index (χ0) is 23.5. The molecule has 1 aromatic carbocycles. The van der Waals surface area contributed by atoms with Crippen LogP contribution in [0.25, 0.3) is 10.9 Å². The Balaban J connectivity index is 1.31. The average Bonchev–Trinajstić information content (AvgIpc) is 3.44. The first-order chi connectivity index (χ1) is 16.6. The zero-order valence-corrected chi connectivity index (χ0v) is 19.7. The van der Waals surface area contributed by atoms with E-state index in [1.807, 2.05) is 24.3 Å². The molecule has 1 saturated heterocycles. The summed E-state index contributed by atoms with van der Waals surface area (Å²) in [6.07, 6.45) is 7.23. The van der Waals surface area contributed by atoms with Crippen LogP contribution in [0.3, 0.4) is 0 Å². The van der Waals surface area contributed by atoms with E-state index in [0.717, 1.165) is 74.5 Å². The number of benzene rings is 1. The first kappa shape index (κ1) is 22.4. The number of carbonyl (C=O) groups excluding carboxylic acids is 2. The number of aromatic nitrogens is 1. The molecule has 7 nitrogen and oxygen atoms in total. The van der Waals surface area contributed by atoms with Crippen molar-refractivity contribution in [2.75, 3.05) is 29.9 Å². The van der Waals surface area contributed by atoms with Crippen molar-refractivity contribution in [3.8, 4) is 6.07 Å². The molecule has 5 rings (SSSR count). The van der Waals surface area contributed by atoms with Gasteiger partial charge in [0.25, 0.3) is 5.91 Å². The highest BCUT2D eigenvalue weighted by atomic mass is 32.1. The van der Waals surface area contributed by atoms with Crippen molar-refractivity contribution in [3.05, 3.63) is 51.9 Å². The van der Waals surface area contributed by atoms with Crippen LogP contribution in [-0.2, 0) is 22.4 Å². The Morgan fingerprint density at radius 2 is 1.91 bits per heavy atom. The second-order valence-electron chi connectivity index (χ2n) is 8.75. The Hall–Kier alpha value is -3.44. The molecule has 1 fully saturated rings. The quantitative estimate of drug-likeness (QED) is 0.420. The highest BCUT2D eigenvalue weighted by molar-refractivity contribution is 7.16. The number of anilines is 2. The van der Waals surface area contributed by atoms with Gasteiger partial charge in [-0.2, -0.15) is 5.26 Å². The van der Waals surface area contributed by atoms with Crippen LogP contribution in [-0.4, -0.2) is 36.6 Å². The maximum absolute atomic E-state index is 13.0. The van der Waals surface area contributed by atoms with Crippen molar-refractivity contribution in [1.82, 2.24) is 4.98 Å². The number of pyridine rings is 1. The van der Waals surface area contributed by atoms with Gasteiger partial charge in [0.05, 0.1) is 11.1 Å². The minimum absolute atomic E-state index is 0.369. The molecule has 2 aromatic heterocycles. The number of rotatable bonds is 5. The molecule has 0 spiro atoms. The molecule has 1 aliphatic carbocycles. The molecule has 1 aliphatic heterocycles. The smallest absolute Gasteiger partial charge is 0.342 e. The number of hydrogen-bond donors (Lipinski definition) is 1. The SMILES string of the molecule is N#Cc1c(NC(=O)COC(=O)c2cc3ccccc3nc2N2CCCC2)sc2c1CCCCC2. The van der Waals surface area contributed by atoms with Crippen molar-refractivity contribution in [3.63, 3.8) is 0 Å². The molecule has 0 atom stereocenters. The number of amides is 1. The van der Waals surface area contributed by atoms with Crippen LogP contribution in [0.1, 0.15) is 58.5 Å². The number of ether oxygens (including phenoxy) is 1. The van der Waals surface area contributed by atoms with Crippen LogP contribution in [0.2, 0.25) is 0 Å². The van der Waals surface area contributed by atoms with Gasteiger partial charge in [-0.15, -0.1) is 11.3 Å². The van der Waals surface area contributed by atoms with E-state index in [1.54, 1.807) is 6.07 Å². The third kappa shape index (κ3) is 4.48. The van der Waals surface area contributed by atoms with Crippen LogP contribution < -0.4 is 10.2 Å². The summed E-state index contributed by atoms with van der Waals surface area (Å²) in [4.78, 5) is 33.7. The summed E-state index contributed by atoms with van der Waals surface area (Å²) in [6, 6.07) is 11.7. The van der Waals surface area contributed by atoms with Gasteiger partial charge in [-0.3, -0.25) is 4.79 Å². The van der Waals surface area contributed by atoms with Gasteiger partial charge in [0.15, 0.2) is 6.61 Å². The molecule has 34 heavy (non-hydrogen) atoms. The summed E-state index contributed by atoms with van der Waals surface area (Å²) in [5, 5.41) is 13.9. The minimum Gasteiger partial charge on any atom is -0.452 e. The maximum Gasteiger partial charge on any atom is 0.342 e. The van der Waals surface area contributed by atoms with Gasteiger partial charge in [-0.1, -0.05) is 24.6 Å². The highest BCUT2D eigenvalue weighted by Gasteiger charge is 2.25. The van der Waals surface area contributed by atoms with E-state index in [2.05, 4.69) is 16.3 Å². The molecule has 1 amide bonds. The first-order valence-corrected chi connectivity index (χ1v) is 12.6. The third-order valence-corrected chi connectivity index (χ3v) is 7.66. The fraction of sp³-hybridized carbons (Fsp3) is 0.385. The van der Waals surface area contributed by atoms with Crippen molar-refractivity contribution in [1.29, 1.82) is 5.26 Å². The van der Waals surface area contributed by atoms with Crippen molar-refractivity contribution >= 4 is 44.9 Å². The average molecular weight is 475 g/mol. The monoisotopic (exact) mass is 474 g/mol. The summed E-state index contributed by atoms with van der Waals surface area (Å²) < 4.78 is 5.41. The Labute approximate surface area is 202 Å². The lowest BCUT2D eigenvalue weighted by Gasteiger charge is -2.20. The van der Waals surface area contributed by atoms with Crippen molar-refractivity contribution < 1.29 is 14.3 Å². The van der Waals surface area contributed by atoms with E-state index in [1.165, 1.54) is 16.2 Å². The number of carbonyl (C=O) groups is 2. The van der Waals surface area contributed by atoms with E-state index >= 15 is 0 Å². The molecule has 0 bridgehead atoms. The minimum atomic E-state index is -0.572. The summed E-state index contributed by atoms with van der Waals surface area (Å²) >= 11 is 1.47. The number of nitrogens with zero attached hydrogens (tertiary/aromatic N) is 3. The standard InChI is InChI=1S/C26H26N4O3S/c27-15-20-18-9-2-1-3-11-22(18)34-25(20)29-23(31)16-33-26(32)19-14-17-8-4-5-10-21(17)28-24(19)30-12-6-7-13-30/h4-5,8,10,14H,1-3,6-7,9,11-13,16H2,(H,29,31). The zero-order valence-electron chi connectivity index (χ0n) is 18.9. The van der Waals surface area contributed by atoms with Crippen molar-refractivity contribution in [2.24, 2.45) is 0 Å². The van der Waals surface area contributed by atoms with Gasteiger partial charge >= 0.3 is 5.97 Å². The Kier molecular flexibility index (Phi) is 6.45. The van der Waals surface area contributed by atoms with E-state index < -0.39 is 18.5 Å². The summed E-state index contributed by atoms with van der Waals surface area (Å²) in [6.45, 7) is 1.26. The van der Waals surface area contributed by atoms with Crippen LogP contribution in [0.4, 0.5) is 10.8 Å². The van der Waals surface area contributed by atoms with Crippen LogP contribution >= 0.6 is 11.3 Å². The van der Waals surface area contributed by atoms with Crippen molar-refractivity contribution in [2.45, 2.75) is 44.9 Å². The molecular weight excluding hydrogens is 448 g/mol. The van der Waals surface area contributed by atoms with Crippen LogP contribution in [0.5, 0.6) is 0 Å². The number of aryl methyl sites for hydroxylation is 1. The second-order valence-corrected chi connectivity index (χ2v) is 9.86. The van der Waals surface area contributed by atoms with Crippen LogP contribution in [0, 0.1) is 11.3 Å². The molecule has 0 saturated carbocycles. The molecule has 1 N–H and O–H groups in total. The molecular formula is C26H26N4O3S. The maximum atomic E-state index is 13.0. The van der Waals surface area contributed by atoms with Gasteiger partial charge in [0.2, 0.25) is 0 Å². The Morgan fingerprint density at radius 3 is 2.74 bits per heavy atom. The summed E-state index contributed by atoms with van der Waals surface area (Å²) in [5.74, 6) is -0.411. The number of thiophene rings is 1. The lowest BCUT2D eigenvalue weighted by atomic mass is 10.1. The van der Waals surface area contributed by atoms with Gasteiger partial charge in [0, 0.05) is 23.4 Å². The lowest BCUT2D eigenvalue weighted by molar-refractivity contribution is -0.119. The van der Waals surface area contributed by atoms with Gasteiger partial charge < -0.3 is 15.0 Å². The van der Waals surface area contributed by atoms with Gasteiger partial charge in [-0.05, 0) is 56.2 Å². The third-order valence-electron chi connectivity index (χ3n) is 6.45.